The van der Waals surface area contributed by atoms with Gasteiger partial charge in [-0.1, -0.05) is 13.8 Å². The molecule has 0 aliphatic heterocycles. The lowest BCUT2D eigenvalue weighted by Gasteiger charge is -2.18. The molecule has 0 amide bonds. The molecule has 0 bridgehead atoms. The highest BCUT2D eigenvalue weighted by Crippen LogP contribution is 2.27. The largest absolute Gasteiger partial charge is 0.433 e. The molecule has 1 atom stereocenters. The normalized spacial score (nSPS) is 13.7. The van der Waals surface area contributed by atoms with Crippen molar-refractivity contribution in [3.05, 3.63) is 18.0 Å². The summed E-state index contributed by atoms with van der Waals surface area (Å²) in [5.41, 5.74) is -0.999. The highest BCUT2D eigenvalue weighted by molar-refractivity contribution is 5.27. The first kappa shape index (κ1) is 14.7. The van der Waals surface area contributed by atoms with E-state index in [2.05, 4.69) is 15.3 Å². The van der Waals surface area contributed by atoms with Crippen molar-refractivity contribution in [3.8, 4) is 0 Å². The van der Waals surface area contributed by atoms with E-state index >= 15 is 0 Å². The molecule has 0 spiro atoms. The van der Waals surface area contributed by atoms with Gasteiger partial charge in [-0.15, -0.1) is 0 Å². The van der Waals surface area contributed by atoms with Crippen LogP contribution in [0.15, 0.2) is 12.3 Å². The zero-order valence-corrected chi connectivity index (χ0v) is 10.2. The first-order chi connectivity index (χ1) is 8.32. The molecule has 0 radical (unpaired) electrons. The highest BCUT2D eigenvalue weighted by Gasteiger charge is 2.32. The Morgan fingerprint density at radius 1 is 1.39 bits per heavy atom. The van der Waals surface area contributed by atoms with Crippen molar-refractivity contribution in [2.24, 2.45) is 5.92 Å². The lowest BCUT2D eigenvalue weighted by Crippen LogP contribution is -2.27. The van der Waals surface area contributed by atoms with Gasteiger partial charge < -0.3 is 10.4 Å². The summed E-state index contributed by atoms with van der Waals surface area (Å²) in [6.45, 7) is 3.73. The minimum absolute atomic E-state index is 0.121. The number of alkyl halides is 3. The predicted octanol–water partition coefficient (Wildman–Crippen LogP) is 2.31. The molecule has 0 aliphatic rings. The van der Waals surface area contributed by atoms with E-state index in [0.29, 0.717) is 12.3 Å². The summed E-state index contributed by atoms with van der Waals surface area (Å²) in [5.74, 6) is 0.185. The van der Waals surface area contributed by atoms with Crippen LogP contribution in [0.1, 0.15) is 26.0 Å². The van der Waals surface area contributed by atoms with E-state index < -0.39 is 11.9 Å². The van der Waals surface area contributed by atoms with E-state index in [1.54, 1.807) is 0 Å². The maximum Gasteiger partial charge on any atom is 0.433 e. The van der Waals surface area contributed by atoms with Gasteiger partial charge in [-0.25, -0.2) is 9.97 Å². The Balaban J connectivity index is 2.78. The van der Waals surface area contributed by atoms with Crippen LogP contribution < -0.4 is 5.32 Å². The molecule has 102 valence electrons. The number of rotatable bonds is 5. The van der Waals surface area contributed by atoms with Gasteiger partial charge in [-0.2, -0.15) is 13.2 Å². The molecule has 1 aromatic heterocycles. The molecule has 2 N–H and O–H groups in total. The van der Waals surface area contributed by atoms with Crippen LogP contribution in [0.2, 0.25) is 0 Å². The second kappa shape index (κ2) is 5.99. The monoisotopic (exact) mass is 263 g/mol. The fourth-order valence-electron chi connectivity index (χ4n) is 1.52. The van der Waals surface area contributed by atoms with Gasteiger partial charge in [-0.3, -0.25) is 0 Å². The summed E-state index contributed by atoms with van der Waals surface area (Å²) < 4.78 is 37.3. The number of anilines is 1. The van der Waals surface area contributed by atoms with Gasteiger partial charge in [0.1, 0.15) is 5.69 Å². The van der Waals surface area contributed by atoms with Gasteiger partial charge >= 0.3 is 6.18 Å². The first-order valence-electron chi connectivity index (χ1n) is 5.60. The van der Waals surface area contributed by atoms with Crippen LogP contribution in [0.5, 0.6) is 0 Å². The number of nitrogens with one attached hydrogen (secondary N) is 1. The lowest BCUT2D eigenvalue weighted by molar-refractivity contribution is -0.141. The van der Waals surface area contributed by atoms with Crippen LogP contribution in [0.4, 0.5) is 19.1 Å². The van der Waals surface area contributed by atoms with Crippen molar-refractivity contribution in [2.75, 3.05) is 11.9 Å². The van der Waals surface area contributed by atoms with E-state index in [9.17, 15) is 13.2 Å². The molecular formula is C11H16F3N3O. The van der Waals surface area contributed by atoms with E-state index in [1.165, 1.54) is 0 Å². The van der Waals surface area contributed by atoms with Crippen molar-refractivity contribution in [1.29, 1.82) is 0 Å². The molecule has 0 saturated heterocycles. The van der Waals surface area contributed by atoms with Crippen LogP contribution in [-0.2, 0) is 6.18 Å². The molecule has 0 aliphatic carbocycles. The predicted molar refractivity (Wildman–Crippen MR) is 61.0 cm³/mol. The van der Waals surface area contributed by atoms with Gasteiger partial charge in [0.05, 0.1) is 12.6 Å². The molecule has 1 aromatic rings. The number of hydrogen-bond acceptors (Lipinski definition) is 4. The summed E-state index contributed by atoms with van der Waals surface area (Å²) in [6.07, 6.45) is -2.83. The average Bonchev–Trinajstić information content (AvgIpc) is 2.26. The van der Waals surface area contributed by atoms with Crippen LogP contribution in [0, 0.1) is 5.92 Å². The van der Waals surface area contributed by atoms with Crippen LogP contribution in [0.3, 0.4) is 0 Å². The zero-order chi connectivity index (χ0) is 13.8. The number of aromatic nitrogens is 2. The van der Waals surface area contributed by atoms with Crippen LogP contribution in [-0.4, -0.2) is 27.7 Å². The van der Waals surface area contributed by atoms with Crippen molar-refractivity contribution in [2.45, 2.75) is 32.5 Å². The third-order valence-electron chi connectivity index (χ3n) is 2.26. The maximum atomic E-state index is 12.4. The van der Waals surface area contributed by atoms with Gasteiger partial charge in [0.25, 0.3) is 0 Å². The third-order valence-corrected chi connectivity index (χ3v) is 2.26. The number of hydrogen-bond donors (Lipinski definition) is 2. The number of nitrogens with zero attached hydrogens (tertiary/aromatic N) is 2. The van der Waals surface area contributed by atoms with Gasteiger partial charge in [-0.05, 0) is 18.4 Å². The number of aliphatic hydroxyl groups excluding tert-OH is 1. The Morgan fingerprint density at radius 2 is 2.06 bits per heavy atom. The Labute approximate surface area is 103 Å². The van der Waals surface area contributed by atoms with Crippen LogP contribution in [0.25, 0.3) is 0 Å². The molecule has 0 aromatic carbocycles. The van der Waals surface area contributed by atoms with E-state index in [0.717, 1.165) is 12.3 Å². The third kappa shape index (κ3) is 4.48. The molecule has 18 heavy (non-hydrogen) atoms. The number of halogens is 3. The molecule has 4 nitrogen and oxygen atoms in total. The zero-order valence-electron chi connectivity index (χ0n) is 10.2. The summed E-state index contributed by atoms with van der Waals surface area (Å²) in [6, 6.07) is 0.454. The second-order valence-corrected chi connectivity index (χ2v) is 4.42. The van der Waals surface area contributed by atoms with E-state index in [4.69, 9.17) is 5.11 Å². The Bertz CT molecular complexity index is 382. The fourth-order valence-corrected chi connectivity index (χ4v) is 1.52. The van der Waals surface area contributed by atoms with Crippen molar-refractivity contribution >= 4 is 5.95 Å². The molecule has 1 unspecified atom stereocenters. The van der Waals surface area contributed by atoms with Gasteiger partial charge in [0.2, 0.25) is 5.95 Å². The fraction of sp³-hybridized carbons (Fsp3) is 0.636. The molecular weight excluding hydrogens is 247 g/mol. The Hall–Kier alpha value is -1.37. The van der Waals surface area contributed by atoms with Gasteiger partial charge in [0, 0.05) is 6.20 Å². The molecule has 7 heteroatoms. The van der Waals surface area contributed by atoms with Gasteiger partial charge in [0.15, 0.2) is 0 Å². The van der Waals surface area contributed by atoms with Crippen LogP contribution >= 0.6 is 0 Å². The second-order valence-electron chi connectivity index (χ2n) is 4.42. The molecule has 1 rings (SSSR count). The van der Waals surface area contributed by atoms with Crippen molar-refractivity contribution in [3.63, 3.8) is 0 Å². The van der Waals surface area contributed by atoms with Crippen molar-refractivity contribution in [1.82, 2.24) is 9.97 Å². The van der Waals surface area contributed by atoms with E-state index in [1.807, 2.05) is 13.8 Å². The summed E-state index contributed by atoms with van der Waals surface area (Å²) in [7, 11) is 0. The highest BCUT2D eigenvalue weighted by atomic mass is 19.4. The lowest BCUT2D eigenvalue weighted by atomic mass is 10.0. The minimum Gasteiger partial charge on any atom is -0.394 e. The first-order valence-corrected chi connectivity index (χ1v) is 5.60. The SMILES string of the molecule is CC(C)CC(CO)Nc1nccc(C(F)(F)F)n1. The average molecular weight is 263 g/mol. The number of aliphatic hydroxyl groups is 1. The summed E-state index contributed by atoms with van der Waals surface area (Å²) in [5, 5.41) is 11.8. The molecule has 1 heterocycles. The topological polar surface area (TPSA) is 58.0 Å². The summed E-state index contributed by atoms with van der Waals surface area (Å²) >= 11 is 0. The standard InChI is InChI=1S/C11H16F3N3O/c1-7(2)5-8(6-18)16-10-15-4-3-9(17-10)11(12,13)14/h3-4,7-8,18H,5-6H2,1-2H3,(H,15,16,17). The Morgan fingerprint density at radius 3 is 2.56 bits per heavy atom. The minimum atomic E-state index is -4.49. The Kier molecular flexibility index (Phi) is 4.89. The smallest absolute Gasteiger partial charge is 0.394 e. The molecule has 0 fully saturated rings. The molecule has 0 saturated carbocycles. The van der Waals surface area contributed by atoms with E-state index in [-0.39, 0.29) is 18.6 Å². The van der Waals surface area contributed by atoms with Crippen molar-refractivity contribution < 1.29 is 18.3 Å². The quantitative estimate of drug-likeness (QED) is 0.856. The summed E-state index contributed by atoms with van der Waals surface area (Å²) in [4.78, 5) is 7.10. The maximum absolute atomic E-state index is 12.4.